The smallest absolute Gasteiger partial charge is 0.256 e. The Hall–Kier alpha value is -2.38. The zero-order chi connectivity index (χ0) is 19.0. The van der Waals surface area contributed by atoms with Gasteiger partial charge in [0.1, 0.15) is 0 Å². The van der Waals surface area contributed by atoms with Gasteiger partial charge < -0.3 is 15.1 Å². The summed E-state index contributed by atoms with van der Waals surface area (Å²) in [6.45, 7) is 1.37. The Morgan fingerprint density at radius 2 is 1.89 bits per heavy atom. The summed E-state index contributed by atoms with van der Waals surface area (Å²) in [5.74, 6) is 0.377. The minimum absolute atomic E-state index is 0.0308. The molecule has 140 valence electrons. The second-order valence-corrected chi connectivity index (χ2v) is 7.32. The Kier molecular flexibility index (Phi) is 4.88. The van der Waals surface area contributed by atoms with Gasteiger partial charge in [0.15, 0.2) is 5.69 Å². The van der Waals surface area contributed by atoms with Gasteiger partial charge in [-0.15, -0.1) is 0 Å². The summed E-state index contributed by atoms with van der Waals surface area (Å²) in [5, 5.41) is 20.6. The van der Waals surface area contributed by atoms with E-state index in [1.807, 2.05) is 29.2 Å². The van der Waals surface area contributed by atoms with Crippen molar-refractivity contribution in [1.82, 2.24) is 9.88 Å². The first-order valence-electron chi connectivity index (χ1n) is 8.92. The Balaban J connectivity index is 1.44. The maximum atomic E-state index is 12.9. The predicted molar refractivity (Wildman–Crippen MR) is 103 cm³/mol. The van der Waals surface area contributed by atoms with E-state index in [-0.39, 0.29) is 5.91 Å². The Bertz CT molecular complexity index is 960. The van der Waals surface area contributed by atoms with Crippen LogP contribution in [0.25, 0.3) is 10.9 Å². The first kappa shape index (κ1) is 18.0. The van der Waals surface area contributed by atoms with E-state index >= 15 is 0 Å². The maximum absolute atomic E-state index is 12.9. The zero-order valence-electron chi connectivity index (χ0n) is 14.6. The number of fused-ring (bicyclic) bond motifs is 1. The lowest BCUT2D eigenvalue weighted by Gasteiger charge is -2.32. The van der Waals surface area contributed by atoms with Crippen LogP contribution < -0.4 is 5.23 Å². The van der Waals surface area contributed by atoms with Crippen LogP contribution >= 0.6 is 11.6 Å². The lowest BCUT2D eigenvalue weighted by atomic mass is 9.89. The van der Waals surface area contributed by atoms with E-state index in [0.29, 0.717) is 35.3 Å². The van der Waals surface area contributed by atoms with Crippen molar-refractivity contribution < 1.29 is 15.2 Å². The Morgan fingerprint density at radius 3 is 2.56 bits per heavy atom. The SMILES string of the molecule is O=C(c1c[nH]c2cc(Cl)ccc12)N1CCC(c2ccc([NH+]([O-])O)cc2)CC1. The number of quaternary nitrogens is 1. The number of carbonyl (C=O) groups is 1. The normalized spacial score (nSPS) is 16.6. The number of benzene rings is 2. The van der Waals surface area contributed by atoms with Gasteiger partial charge in [-0.3, -0.25) is 4.79 Å². The fourth-order valence-electron chi connectivity index (χ4n) is 3.76. The molecule has 0 spiro atoms. The van der Waals surface area contributed by atoms with Gasteiger partial charge in [-0.05, 0) is 36.5 Å². The average molecular weight is 386 g/mol. The number of nitrogens with one attached hydrogen (secondary N) is 2. The number of hydrogen-bond acceptors (Lipinski definition) is 3. The van der Waals surface area contributed by atoms with Crippen molar-refractivity contribution in [2.24, 2.45) is 0 Å². The molecule has 3 aromatic rings. The molecule has 1 fully saturated rings. The number of aromatic nitrogens is 1. The first-order valence-corrected chi connectivity index (χ1v) is 9.30. The van der Waals surface area contributed by atoms with Gasteiger partial charge in [-0.1, -0.05) is 29.8 Å². The van der Waals surface area contributed by atoms with E-state index in [9.17, 15) is 10.0 Å². The first-order chi connectivity index (χ1) is 13.0. The van der Waals surface area contributed by atoms with E-state index in [4.69, 9.17) is 16.8 Å². The van der Waals surface area contributed by atoms with E-state index in [1.54, 1.807) is 24.4 Å². The molecule has 2 aromatic carbocycles. The molecule has 1 aliphatic heterocycles. The molecule has 1 aliphatic rings. The van der Waals surface area contributed by atoms with E-state index in [2.05, 4.69) is 4.98 Å². The molecule has 1 atom stereocenters. The molecular weight excluding hydrogens is 366 g/mol. The summed E-state index contributed by atoms with van der Waals surface area (Å²) < 4.78 is 0. The number of amides is 1. The molecule has 4 rings (SSSR count). The molecule has 3 N–H and O–H groups in total. The maximum Gasteiger partial charge on any atom is 0.256 e. The van der Waals surface area contributed by atoms with Gasteiger partial charge in [-0.2, -0.15) is 5.23 Å². The van der Waals surface area contributed by atoms with Gasteiger partial charge in [0.2, 0.25) is 0 Å². The second kappa shape index (κ2) is 7.32. The van der Waals surface area contributed by atoms with Gasteiger partial charge in [-0.25, -0.2) is 5.21 Å². The number of halogens is 1. The number of likely N-dealkylation sites (tertiary alicyclic amines) is 1. The Morgan fingerprint density at radius 1 is 1.19 bits per heavy atom. The van der Waals surface area contributed by atoms with Gasteiger partial charge in [0.25, 0.3) is 5.91 Å². The monoisotopic (exact) mass is 385 g/mol. The number of nitrogens with zero attached hydrogens (tertiary/aromatic N) is 1. The molecule has 1 aromatic heterocycles. The molecule has 1 amide bonds. The molecule has 1 saturated heterocycles. The zero-order valence-corrected chi connectivity index (χ0v) is 15.4. The number of rotatable bonds is 3. The van der Waals surface area contributed by atoms with Crippen LogP contribution in [0.2, 0.25) is 5.02 Å². The van der Waals surface area contributed by atoms with Crippen LogP contribution in [0.4, 0.5) is 5.69 Å². The lowest BCUT2D eigenvalue weighted by molar-refractivity contribution is -0.991. The van der Waals surface area contributed by atoms with Crippen molar-refractivity contribution in [1.29, 1.82) is 0 Å². The van der Waals surface area contributed by atoms with E-state index < -0.39 is 5.23 Å². The molecule has 7 heteroatoms. The summed E-state index contributed by atoms with van der Waals surface area (Å²) in [7, 11) is 0. The number of carbonyl (C=O) groups excluding carboxylic acids is 1. The summed E-state index contributed by atoms with van der Waals surface area (Å²) in [6.07, 6.45) is 3.48. The van der Waals surface area contributed by atoms with E-state index in [0.717, 1.165) is 29.3 Å². The van der Waals surface area contributed by atoms with Crippen LogP contribution in [0.1, 0.15) is 34.7 Å². The van der Waals surface area contributed by atoms with Crippen molar-refractivity contribution in [3.05, 3.63) is 70.0 Å². The topological polar surface area (TPSA) is 83.8 Å². The average Bonchev–Trinajstić information content (AvgIpc) is 3.10. The lowest BCUT2D eigenvalue weighted by Crippen LogP contribution is -2.99. The van der Waals surface area contributed by atoms with Crippen molar-refractivity contribution >= 4 is 34.1 Å². The third-order valence-corrected chi connectivity index (χ3v) is 5.52. The fourth-order valence-corrected chi connectivity index (χ4v) is 3.93. The summed E-state index contributed by atoms with van der Waals surface area (Å²) >= 11 is 6.01. The fraction of sp³-hybridized carbons (Fsp3) is 0.250. The van der Waals surface area contributed by atoms with Crippen LogP contribution in [0.3, 0.4) is 0 Å². The molecular formula is C20H20ClN3O3. The third kappa shape index (κ3) is 3.57. The largest absolute Gasteiger partial charge is 0.595 e. The minimum Gasteiger partial charge on any atom is -0.595 e. The molecule has 0 radical (unpaired) electrons. The highest BCUT2D eigenvalue weighted by molar-refractivity contribution is 6.31. The molecule has 0 aliphatic carbocycles. The quantitative estimate of drug-likeness (QED) is 0.605. The molecule has 0 saturated carbocycles. The van der Waals surface area contributed by atoms with Crippen molar-refractivity contribution in [3.63, 3.8) is 0 Å². The summed E-state index contributed by atoms with van der Waals surface area (Å²) in [6, 6.07) is 12.5. The second-order valence-electron chi connectivity index (χ2n) is 6.89. The molecule has 6 nitrogen and oxygen atoms in total. The highest BCUT2D eigenvalue weighted by Crippen LogP contribution is 2.30. The van der Waals surface area contributed by atoms with Crippen LogP contribution in [0.5, 0.6) is 0 Å². The third-order valence-electron chi connectivity index (χ3n) is 5.29. The summed E-state index contributed by atoms with van der Waals surface area (Å²) in [4.78, 5) is 17.9. The van der Waals surface area contributed by atoms with Crippen LogP contribution in [-0.4, -0.2) is 34.1 Å². The number of aromatic amines is 1. The van der Waals surface area contributed by atoms with Crippen LogP contribution in [0, 0.1) is 5.21 Å². The van der Waals surface area contributed by atoms with Crippen molar-refractivity contribution in [3.8, 4) is 0 Å². The summed E-state index contributed by atoms with van der Waals surface area (Å²) in [5.41, 5.74) is 2.96. The highest BCUT2D eigenvalue weighted by Gasteiger charge is 2.26. The minimum atomic E-state index is -0.915. The number of hydrogen-bond donors (Lipinski definition) is 3. The van der Waals surface area contributed by atoms with Crippen LogP contribution in [-0.2, 0) is 0 Å². The molecule has 1 unspecified atom stereocenters. The van der Waals surface area contributed by atoms with Gasteiger partial charge in [0, 0.05) is 47.3 Å². The van der Waals surface area contributed by atoms with Gasteiger partial charge >= 0.3 is 0 Å². The molecule has 2 heterocycles. The molecule has 27 heavy (non-hydrogen) atoms. The van der Waals surface area contributed by atoms with Gasteiger partial charge in [0.05, 0.1) is 5.56 Å². The standard InChI is InChI=1S/C20H20ClN3O3/c21-15-3-6-17-18(12-22-19(17)11-15)20(25)23-9-7-14(8-10-23)13-1-4-16(5-2-13)24(26)27/h1-6,11-12,14,22,24,26H,7-10H2. The van der Waals surface area contributed by atoms with Crippen LogP contribution in [0.15, 0.2) is 48.7 Å². The molecule has 0 bridgehead atoms. The van der Waals surface area contributed by atoms with Crippen molar-refractivity contribution in [2.75, 3.05) is 13.1 Å². The number of piperidine rings is 1. The van der Waals surface area contributed by atoms with E-state index in [1.165, 1.54) is 0 Å². The number of H-pyrrole nitrogens is 1. The van der Waals surface area contributed by atoms with Crippen molar-refractivity contribution in [2.45, 2.75) is 18.8 Å². The Labute approximate surface area is 161 Å². The highest BCUT2D eigenvalue weighted by atomic mass is 35.5. The predicted octanol–water partition coefficient (Wildman–Crippen LogP) is 3.24.